The molecule has 0 saturated carbocycles. The van der Waals surface area contributed by atoms with Gasteiger partial charge < -0.3 is 15.3 Å². The van der Waals surface area contributed by atoms with Crippen LogP contribution in [0, 0.1) is 0 Å². The molecule has 0 spiro atoms. The molecule has 0 bridgehead atoms. The lowest BCUT2D eigenvalue weighted by molar-refractivity contribution is -0.0824. The molecule has 0 aliphatic carbocycles. The first-order valence-electron chi connectivity index (χ1n) is 9.61. The molecule has 0 amide bonds. The minimum absolute atomic E-state index is 0.0355. The third kappa shape index (κ3) is 3.82. The van der Waals surface area contributed by atoms with Gasteiger partial charge in [0, 0.05) is 20.1 Å². The first-order valence-corrected chi connectivity index (χ1v) is 9.61. The van der Waals surface area contributed by atoms with Crippen LogP contribution >= 0.6 is 0 Å². The Hall–Kier alpha value is -2.59. The Morgan fingerprint density at radius 2 is 1.90 bits per heavy atom. The minimum Gasteiger partial charge on any atom is -0.392 e. The molecule has 4 rings (SSSR count). The molecule has 1 atom stereocenters. The molecular formula is C20H25N5O4. The second kappa shape index (κ2) is 7.68. The predicted octanol–water partition coefficient (Wildman–Crippen LogP) is 0.140. The van der Waals surface area contributed by atoms with Crippen molar-refractivity contribution in [2.75, 3.05) is 13.1 Å². The number of nitrogens with zero attached hydrogens (tertiary/aromatic N) is 5. The van der Waals surface area contributed by atoms with E-state index in [4.69, 9.17) is 5.11 Å². The zero-order valence-electron chi connectivity index (χ0n) is 16.3. The van der Waals surface area contributed by atoms with Gasteiger partial charge in [-0.1, -0.05) is 24.3 Å². The van der Waals surface area contributed by atoms with Crippen molar-refractivity contribution in [1.29, 1.82) is 0 Å². The molecule has 1 aliphatic heterocycles. The summed E-state index contributed by atoms with van der Waals surface area (Å²) in [6, 6.07) is 7.16. The Morgan fingerprint density at radius 3 is 2.55 bits per heavy atom. The zero-order chi connectivity index (χ0) is 20.6. The number of fused-ring (bicyclic) bond motifs is 1. The van der Waals surface area contributed by atoms with E-state index in [1.165, 1.54) is 17.1 Å². The average molecular weight is 399 g/mol. The van der Waals surface area contributed by atoms with E-state index in [1.54, 1.807) is 36.0 Å². The number of hydrogen-bond donors (Lipinski definition) is 3. The fourth-order valence-electron chi connectivity index (χ4n) is 3.85. The van der Waals surface area contributed by atoms with Gasteiger partial charge in [0.05, 0.1) is 24.9 Å². The molecule has 1 aliphatic rings. The number of benzene rings is 1. The summed E-state index contributed by atoms with van der Waals surface area (Å²) in [4.78, 5) is 18.8. The largest absolute Gasteiger partial charge is 0.392 e. The van der Waals surface area contributed by atoms with Gasteiger partial charge in [0.25, 0.3) is 5.56 Å². The van der Waals surface area contributed by atoms with E-state index in [0.717, 1.165) is 11.1 Å². The quantitative estimate of drug-likeness (QED) is 0.559. The molecule has 1 unspecified atom stereocenters. The lowest BCUT2D eigenvalue weighted by atomic mass is 9.90. The highest BCUT2D eigenvalue weighted by Gasteiger charge is 2.35. The number of hydrogen-bond acceptors (Lipinski definition) is 7. The second-order valence-electron chi connectivity index (χ2n) is 7.72. The van der Waals surface area contributed by atoms with Crippen LogP contribution in [-0.2, 0) is 20.2 Å². The minimum atomic E-state index is -1.04. The van der Waals surface area contributed by atoms with Gasteiger partial charge in [0.1, 0.15) is 17.9 Å². The maximum atomic E-state index is 12.7. The Morgan fingerprint density at radius 1 is 1.21 bits per heavy atom. The van der Waals surface area contributed by atoms with Crippen LogP contribution in [0.1, 0.15) is 30.2 Å². The number of rotatable bonds is 5. The monoisotopic (exact) mass is 399 g/mol. The number of aliphatic hydroxyl groups is 3. The van der Waals surface area contributed by atoms with Crippen LogP contribution < -0.4 is 5.56 Å². The van der Waals surface area contributed by atoms with Crippen molar-refractivity contribution in [1.82, 2.24) is 24.2 Å². The van der Waals surface area contributed by atoms with E-state index in [2.05, 4.69) is 10.1 Å². The van der Waals surface area contributed by atoms with Crippen molar-refractivity contribution in [3.63, 3.8) is 0 Å². The molecule has 29 heavy (non-hydrogen) atoms. The van der Waals surface area contributed by atoms with Crippen LogP contribution in [0.15, 0.2) is 41.6 Å². The summed E-state index contributed by atoms with van der Waals surface area (Å²) in [6.45, 7) is 1.11. The molecule has 1 fully saturated rings. The normalized spacial score (nSPS) is 18.2. The van der Waals surface area contributed by atoms with Crippen molar-refractivity contribution in [3.8, 4) is 0 Å². The van der Waals surface area contributed by atoms with Gasteiger partial charge in [-0.25, -0.2) is 4.98 Å². The van der Waals surface area contributed by atoms with Crippen LogP contribution in [-0.4, -0.2) is 58.2 Å². The van der Waals surface area contributed by atoms with E-state index in [9.17, 15) is 15.0 Å². The fourth-order valence-corrected chi connectivity index (χ4v) is 3.85. The highest BCUT2D eigenvalue weighted by Crippen LogP contribution is 2.29. The molecule has 9 nitrogen and oxygen atoms in total. The van der Waals surface area contributed by atoms with Gasteiger partial charge in [-0.05, 0) is 24.0 Å². The summed E-state index contributed by atoms with van der Waals surface area (Å²) < 4.78 is 2.98. The van der Waals surface area contributed by atoms with Crippen LogP contribution in [0.5, 0.6) is 0 Å². The molecule has 154 valence electrons. The summed E-state index contributed by atoms with van der Waals surface area (Å²) in [5.41, 5.74) is 0.790. The number of likely N-dealkylation sites (tertiary alicyclic amines) is 1. The summed E-state index contributed by atoms with van der Waals surface area (Å²) >= 11 is 0. The fraction of sp³-hybridized carbons (Fsp3) is 0.450. The maximum absolute atomic E-state index is 12.7. The van der Waals surface area contributed by atoms with Crippen LogP contribution in [0.25, 0.3) is 11.0 Å². The smallest absolute Gasteiger partial charge is 0.264 e. The lowest BCUT2D eigenvalue weighted by Crippen LogP contribution is -2.49. The van der Waals surface area contributed by atoms with E-state index in [1.807, 2.05) is 4.90 Å². The molecule has 3 aromatic rings. The molecule has 0 radical (unpaired) electrons. The van der Waals surface area contributed by atoms with Crippen molar-refractivity contribution < 1.29 is 15.3 Å². The van der Waals surface area contributed by atoms with Crippen molar-refractivity contribution >= 4 is 11.0 Å². The van der Waals surface area contributed by atoms with Crippen LogP contribution in [0.2, 0.25) is 0 Å². The zero-order valence-corrected chi connectivity index (χ0v) is 16.3. The molecule has 3 heterocycles. The van der Waals surface area contributed by atoms with Gasteiger partial charge in [-0.3, -0.25) is 18.9 Å². The number of aryl methyl sites for hydroxylation is 1. The van der Waals surface area contributed by atoms with Crippen molar-refractivity contribution in [2.24, 2.45) is 7.05 Å². The highest BCUT2D eigenvalue weighted by molar-refractivity contribution is 5.72. The Kier molecular flexibility index (Phi) is 5.22. The van der Waals surface area contributed by atoms with Gasteiger partial charge in [0.15, 0.2) is 5.65 Å². The van der Waals surface area contributed by atoms with E-state index in [-0.39, 0.29) is 18.7 Å². The Labute approximate surface area is 167 Å². The van der Waals surface area contributed by atoms with E-state index >= 15 is 0 Å². The Bertz CT molecular complexity index is 1050. The lowest BCUT2D eigenvalue weighted by Gasteiger charge is -2.40. The summed E-state index contributed by atoms with van der Waals surface area (Å²) in [5, 5.41) is 35.3. The number of aromatic nitrogens is 4. The van der Waals surface area contributed by atoms with Gasteiger partial charge in [-0.2, -0.15) is 5.10 Å². The molecule has 1 aromatic carbocycles. The maximum Gasteiger partial charge on any atom is 0.264 e. The third-order valence-electron chi connectivity index (χ3n) is 5.72. The highest BCUT2D eigenvalue weighted by atomic mass is 16.3. The van der Waals surface area contributed by atoms with Crippen molar-refractivity contribution in [3.05, 3.63) is 58.3 Å². The van der Waals surface area contributed by atoms with Crippen molar-refractivity contribution in [2.45, 2.75) is 37.8 Å². The summed E-state index contributed by atoms with van der Waals surface area (Å²) in [7, 11) is 1.73. The molecule has 1 saturated heterocycles. The molecular weight excluding hydrogens is 374 g/mol. The Balaban J connectivity index is 1.44. The molecule has 9 heteroatoms. The standard InChI is InChI=1S/C20H25N5O4/c1-23-17-16(10-22-23)19(28)25(13-21-17)12-20(29)6-8-24(9-7-20)18(27)15-4-2-14(11-26)3-5-15/h2-5,10,13,18,26-27,29H,6-9,11-12H2,1H3. The van der Waals surface area contributed by atoms with Crippen LogP contribution in [0.4, 0.5) is 0 Å². The van der Waals surface area contributed by atoms with Gasteiger partial charge in [-0.15, -0.1) is 0 Å². The first kappa shape index (κ1) is 19.7. The van der Waals surface area contributed by atoms with Gasteiger partial charge in [0.2, 0.25) is 0 Å². The summed E-state index contributed by atoms with van der Waals surface area (Å²) in [6.07, 6.45) is 3.02. The predicted molar refractivity (Wildman–Crippen MR) is 106 cm³/mol. The topological polar surface area (TPSA) is 117 Å². The molecule has 3 N–H and O–H groups in total. The average Bonchev–Trinajstić information content (AvgIpc) is 3.12. The SMILES string of the molecule is Cn1ncc2c(=O)n(CC3(O)CCN(C(O)c4ccc(CO)cc4)CC3)cnc21. The molecule has 2 aromatic heterocycles. The van der Waals surface area contributed by atoms with E-state index < -0.39 is 11.8 Å². The third-order valence-corrected chi connectivity index (χ3v) is 5.72. The number of aliphatic hydroxyl groups excluding tert-OH is 2. The van der Waals surface area contributed by atoms with E-state index in [0.29, 0.717) is 37.0 Å². The second-order valence-corrected chi connectivity index (χ2v) is 7.72. The summed E-state index contributed by atoms with van der Waals surface area (Å²) in [5.74, 6) is 0. The van der Waals surface area contributed by atoms with Crippen LogP contribution in [0.3, 0.4) is 0 Å². The number of piperidine rings is 1. The first-order chi connectivity index (χ1) is 13.9. The van der Waals surface area contributed by atoms with Gasteiger partial charge >= 0.3 is 0 Å².